The monoisotopic (exact) mass is 487 g/mol. The third-order valence-corrected chi connectivity index (χ3v) is 7.33. The van der Waals surface area contributed by atoms with Crippen LogP contribution in [0, 0.1) is 13.8 Å². The molecule has 3 aromatic rings. The number of halogens is 1. The van der Waals surface area contributed by atoms with Crippen LogP contribution in [0.3, 0.4) is 0 Å². The van der Waals surface area contributed by atoms with E-state index in [1.165, 1.54) is 16.7 Å². The number of hydrogen-bond donors (Lipinski definition) is 0. The van der Waals surface area contributed by atoms with Crippen LogP contribution in [0.1, 0.15) is 35.6 Å². The zero-order valence-electron chi connectivity index (χ0n) is 19.8. The van der Waals surface area contributed by atoms with Crippen molar-refractivity contribution in [2.75, 3.05) is 44.3 Å². The molecule has 2 heterocycles. The minimum absolute atomic E-state index is 0. The zero-order valence-corrected chi connectivity index (χ0v) is 21.4. The molecule has 1 aliphatic rings. The van der Waals surface area contributed by atoms with Crippen LogP contribution < -0.4 is 4.90 Å². The number of amides is 1. The van der Waals surface area contributed by atoms with E-state index in [4.69, 9.17) is 9.72 Å². The Labute approximate surface area is 207 Å². The lowest BCUT2D eigenvalue weighted by Gasteiger charge is -2.27. The zero-order chi connectivity index (χ0) is 22.5. The third kappa shape index (κ3) is 6.33. The quantitative estimate of drug-likeness (QED) is 0.438. The van der Waals surface area contributed by atoms with Crippen molar-refractivity contribution in [1.29, 1.82) is 0 Å². The number of aromatic nitrogens is 1. The fraction of sp³-hybridized carbons (Fsp3) is 0.462. The summed E-state index contributed by atoms with van der Waals surface area (Å²) in [5.41, 5.74) is 5.81. The Morgan fingerprint density at radius 1 is 1.15 bits per heavy atom. The molecule has 0 radical (unpaired) electrons. The van der Waals surface area contributed by atoms with Crippen molar-refractivity contribution in [2.24, 2.45) is 0 Å². The largest absolute Gasteiger partial charge is 0.379 e. The number of benzene rings is 2. The van der Waals surface area contributed by atoms with E-state index in [1.54, 1.807) is 11.3 Å². The molecule has 1 amide bonds. The molecule has 1 aromatic heterocycles. The molecule has 4 rings (SSSR count). The van der Waals surface area contributed by atoms with Gasteiger partial charge in [0.15, 0.2) is 5.13 Å². The maximum Gasteiger partial charge on any atom is 0.233 e. The predicted octanol–water partition coefficient (Wildman–Crippen LogP) is 5.20. The highest BCUT2D eigenvalue weighted by atomic mass is 35.5. The van der Waals surface area contributed by atoms with Gasteiger partial charge in [0.05, 0.1) is 29.9 Å². The molecule has 0 bridgehead atoms. The number of ether oxygens (including phenoxy) is 1. The van der Waals surface area contributed by atoms with Gasteiger partial charge in [-0.15, -0.1) is 12.4 Å². The van der Waals surface area contributed by atoms with Crippen molar-refractivity contribution in [2.45, 2.75) is 40.0 Å². The molecule has 7 heteroatoms. The Morgan fingerprint density at radius 2 is 1.94 bits per heavy atom. The van der Waals surface area contributed by atoms with Gasteiger partial charge in [-0.3, -0.25) is 14.6 Å². The molecule has 0 N–H and O–H groups in total. The van der Waals surface area contributed by atoms with Crippen molar-refractivity contribution in [3.05, 3.63) is 58.7 Å². The second kappa shape index (κ2) is 11.9. The first-order valence-electron chi connectivity index (χ1n) is 11.6. The topological polar surface area (TPSA) is 45.7 Å². The lowest BCUT2D eigenvalue weighted by molar-refractivity contribution is -0.118. The number of anilines is 1. The molecule has 178 valence electrons. The number of para-hydroxylation sites is 1. The number of carbonyl (C=O) groups is 1. The number of thiazole rings is 1. The molecule has 1 aliphatic heterocycles. The summed E-state index contributed by atoms with van der Waals surface area (Å²) in [6.45, 7) is 11.5. The average Bonchev–Trinajstić information content (AvgIpc) is 3.23. The van der Waals surface area contributed by atoms with Gasteiger partial charge in [0.25, 0.3) is 0 Å². The number of morpholine rings is 1. The van der Waals surface area contributed by atoms with E-state index in [9.17, 15) is 4.79 Å². The maximum atomic E-state index is 13.5. The Hall–Kier alpha value is -1.99. The number of aryl methyl sites for hydroxylation is 3. The SMILES string of the molecule is CCc1cccc2sc(N(CCCN3CCOCC3)C(=O)Cc3ccc(C)c(C)c3)nc12.Cl. The first kappa shape index (κ1) is 25.6. The van der Waals surface area contributed by atoms with Gasteiger partial charge in [-0.05, 0) is 55.0 Å². The van der Waals surface area contributed by atoms with Crippen LogP contribution in [-0.4, -0.2) is 55.2 Å². The summed E-state index contributed by atoms with van der Waals surface area (Å²) in [6.07, 6.45) is 2.26. The van der Waals surface area contributed by atoms with Gasteiger partial charge in [0.1, 0.15) is 0 Å². The highest BCUT2D eigenvalue weighted by Crippen LogP contribution is 2.31. The summed E-state index contributed by atoms with van der Waals surface area (Å²) in [5.74, 6) is 0.118. The molecule has 1 fully saturated rings. The lowest BCUT2D eigenvalue weighted by atomic mass is 10.0. The Balaban J connectivity index is 0.00000306. The molecule has 5 nitrogen and oxygen atoms in total. The molecule has 33 heavy (non-hydrogen) atoms. The van der Waals surface area contributed by atoms with Crippen LogP contribution >= 0.6 is 23.7 Å². The summed E-state index contributed by atoms with van der Waals surface area (Å²) in [4.78, 5) is 22.8. The van der Waals surface area contributed by atoms with Crippen LogP contribution in [0.2, 0.25) is 0 Å². The van der Waals surface area contributed by atoms with Crippen molar-refractivity contribution >= 4 is 45.0 Å². The second-order valence-corrected chi connectivity index (χ2v) is 9.57. The molecular weight excluding hydrogens is 454 g/mol. The van der Waals surface area contributed by atoms with Crippen LogP contribution in [-0.2, 0) is 22.4 Å². The van der Waals surface area contributed by atoms with Crippen LogP contribution in [0.4, 0.5) is 5.13 Å². The van der Waals surface area contributed by atoms with Gasteiger partial charge in [-0.1, -0.05) is 48.6 Å². The third-order valence-electron chi connectivity index (χ3n) is 6.29. The first-order chi connectivity index (χ1) is 15.5. The first-order valence-corrected chi connectivity index (χ1v) is 12.4. The van der Waals surface area contributed by atoms with E-state index < -0.39 is 0 Å². The smallest absolute Gasteiger partial charge is 0.233 e. The van der Waals surface area contributed by atoms with E-state index in [2.05, 4.69) is 62.1 Å². The Morgan fingerprint density at radius 3 is 2.67 bits per heavy atom. The number of nitrogens with zero attached hydrogens (tertiary/aromatic N) is 3. The number of rotatable bonds is 8. The Kier molecular flexibility index (Phi) is 9.27. The van der Waals surface area contributed by atoms with Crippen molar-refractivity contribution in [3.8, 4) is 0 Å². The summed E-state index contributed by atoms with van der Waals surface area (Å²) in [6, 6.07) is 12.6. The van der Waals surface area contributed by atoms with Crippen LogP contribution in [0.5, 0.6) is 0 Å². The number of fused-ring (bicyclic) bond motifs is 1. The van der Waals surface area contributed by atoms with E-state index >= 15 is 0 Å². The Bertz CT molecular complexity index is 1080. The van der Waals surface area contributed by atoms with Crippen molar-refractivity contribution in [1.82, 2.24) is 9.88 Å². The van der Waals surface area contributed by atoms with Crippen molar-refractivity contribution in [3.63, 3.8) is 0 Å². The van der Waals surface area contributed by atoms with Gasteiger partial charge in [0.2, 0.25) is 5.91 Å². The summed E-state index contributed by atoms with van der Waals surface area (Å²) >= 11 is 1.63. The van der Waals surface area contributed by atoms with Crippen molar-refractivity contribution < 1.29 is 9.53 Å². The second-order valence-electron chi connectivity index (χ2n) is 8.56. The maximum absolute atomic E-state index is 13.5. The number of carbonyl (C=O) groups excluding carboxylic acids is 1. The van der Waals surface area contributed by atoms with Gasteiger partial charge in [-0.2, -0.15) is 0 Å². The highest BCUT2D eigenvalue weighted by Gasteiger charge is 2.21. The average molecular weight is 488 g/mol. The van der Waals surface area contributed by atoms with E-state index in [0.29, 0.717) is 13.0 Å². The highest BCUT2D eigenvalue weighted by molar-refractivity contribution is 7.22. The molecule has 0 saturated carbocycles. The molecule has 0 atom stereocenters. The fourth-order valence-corrected chi connectivity index (χ4v) is 5.24. The molecular formula is C26H34ClN3O2S. The predicted molar refractivity (Wildman–Crippen MR) is 140 cm³/mol. The van der Waals surface area contributed by atoms with Gasteiger partial charge in [-0.25, -0.2) is 4.98 Å². The normalized spacial score (nSPS) is 14.3. The van der Waals surface area contributed by atoms with Crippen LogP contribution in [0.25, 0.3) is 10.2 Å². The molecule has 1 saturated heterocycles. The van der Waals surface area contributed by atoms with E-state index in [0.717, 1.165) is 66.6 Å². The van der Waals surface area contributed by atoms with Gasteiger partial charge in [0, 0.05) is 26.2 Å². The molecule has 0 spiro atoms. The fourth-order valence-electron chi connectivity index (χ4n) is 4.18. The minimum Gasteiger partial charge on any atom is -0.379 e. The summed E-state index contributed by atoms with van der Waals surface area (Å²) in [5, 5.41) is 0.816. The molecule has 2 aromatic carbocycles. The number of hydrogen-bond acceptors (Lipinski definition) is 5. The van der Waals surface area contributed by atoms with Gasteiger partial charge < -0.3 is 4.74 Å². The standard InChI is InChI=1S/C26H33N3O2S.ClH/c1-4-22-7-5-8-23-25(22)27-26(32-23)29(12-6-11-28-13-15-31-16-14-28)24(30)18-21-10-9-19(2)20(3)17-21;/h5,7-10,17H,4,6,11-16,18H2,1-3H3;1H. The van der Waals surface area contributed by atoms with E-state index in [1.807, 2.05) is 4.90 Å². The molecule has 0 unspecified atom stereocenters. The van der Waals surface area contributed by atoms with Crippen LogP contribution in [0.15, 0.2) is 36.4 Å². The molecule has 0 aliphatic carbocycles. The minimum atomic E-state index is 0. The summed E-state index contributed by atoms with van der Waals surface area (Å²) in [7, 11) is 0. The van der Waals surface area contributed by atoms with Gasteiger partial charge >= 0.3 is 0 Å². The lowest BCUT2D eigenvalue weighted by Crippen LogP contribution is -2.39. The van der Waals surface area contributed by atoms with E-state index in [-0.39, 0.29) is 18.3 Å². The summed E-state index contributed by atoms with van der Waals surface area (Å²) < 4.78 is 6.61.